The zero-order chi connectivity index (χ0) is 21.5. The van der Waals surface area contributed by atoms with Crippen LogP contribution in [0, 0.1) is 0 Å². The van der Waals surface area contributed by atoms with Crippen LogP contribution in [-0.2, 0) is 9.59 Å². The molecule has 3 rings (SSSR count). The lowest BCUT2D eigenvalue weighted by molar-refractivity contribution is -0.136. The summed E-state index contributed by atoms with van der Waals surface area (Å²) in [5.41, 5.74) is 3.42. The lowest BCUT2D eigenvalue weighted by atomic mass is 10.0. The molecule has 0 aliphatic rings. The van der Waals surface area contributed by atoms with Gasteiger partial charge in [-0.3, -0.25) is 9.59 Å². The summed E-state index contributed by atoms with van der Waals surface area (Å²) in [4.78, 5) is 24.2. The molecule has 0 spiro atoms. The average Bonchev–Trinajstić information content (AvgIpc) is 2.74. The Bertz CT molecular complexity index is 1090. The minimum absolute atomic E-state index is 0.0263. The number of amides is 2. The Kier molecular flexibility index (Phi) is 6.64. The van der Waals surface area contributed by atoms with Crippen LogP contribution in [0.15, 0.2) is 65.8 Å². The number of hydrogen-bond donors (Lipinski definition) is 2. The molecule has 0 unspecified atom stereocenters. The molecule has 0 radical (unpaired) electrons. The molecule has 2 N–H and O–H groups in total. The summed E-state index contributed by atoms with van der Waals surface area (Å²) in [6, 6.07) is 18.3. The number of ether oxygens (including phenoxy) is 2. The Morgan fingerprint density at radius 1 is 1.00 bits per heavy atom. The number of methoxy groups -OCH3 is 1. The summed E-state index contributed by atoms with van der Waals surface area (Å²) in [5.74, 6) is -0.514. The molecule has 7 nitrogen and oxygen atoms in total. The van der Waals surface area contributed by atoms with Crippen molar-refractivity contribution >= 4 is 34.5 Å². The largest absolute Gasteiger partial charge is 0.497 e. The van der Waals surface area contributed by atoms with Gasteiger partial charge in [0.15, 0.2) is 0 Å². The van der Waals surface area contributed by atoms with Gasteiger partial charge < -0.3 is 14.8 Å². The van der Waals surface area contributed by atoms with Gasteiger partial charge in [0.2, 0.25) is 0 Å². The summed E-state index contributed by atoms with van der Waals surface area (Å²) in [6.07, 6.45) is 1.46. The Morgan fingerprint density at radius 2 is 1.80 bits per heavy atom. The van der Waals surface area contributed by atoms with Crippen LogP contribution in [0.1, 0.15) is 19.4 Å². The van der Waals surface area contributed by atoms with Crippen molar-refractivity contribution in [3.8, 4) is 11.5 Å². The van der Waals surface area contributed by atoms with Crippen LogP contribution in [0.3, 0.4) is 0 Å². The normalized spacial score (nSPS) is 10.9. The van der Waals surface area contributed by atoms with Crippen LogP contribution in [0.2, 0.25) is 0 Å². The topological polar surface area (TPSA) is 89.0 Å². The average molecular weight is 405 g/mol. The molecule has 30 heavy (non-hydrogen) atoms. The first kappa shape index (κ1) is 20.9. The third-order valence-electron chi connectivity index (χ3n) is 4.19. The van der Waals surface area contributed by atoms with E-state index < -0.39 is 11.8 Å². The van der Waals surface area contributed by atoms with Crippen LogP contribution in [0.4, 0.5) is 5.69 Å². The predicted octanol–water partition coefficient (Wildman–Crippen LogP) is 3.72. The summed E-state index contributed by atoms with van der Waals surface area (Å²) >= 11 is 0. The van der Waals surface area contributed by atoms with Crippen LogP contribution < -0.4 is 20.2 Å². The Labute approximate surface area is 174 Å². The molecule has 0 aliphatic heterocycles. The van der Waals surface area contributed by atoms with Gasteiger partial charge in [0.1, 0.15) is 11.5 Å². The molecule has 0 aromatic heterocycles. The maximum Gasteiger partial charge on any atom is 0.329 e. The number of carbonyl (C=O) groups is 2. The Balaban J connectivity index is 1.74. The number of rotatable bonds is 6. The van der Waals surface area contributed by atoms with Crippen molar-refractivity contribution in [1.82, 2.24) is 5.43 Å². The number of hydrogen-bond acceptors (Lipinski definition) is 5. The lowest BCUT2D eigenvalue weighted by Gasteiger charge is -2.14. The maximum atomic E-state index is 12.1. The number of nitrogens with one attached hydrogen (secondary N) is 2. The second-order valence-electron chi connectivity index (χ2n) is 6.75. The number of fused-ring (bicyclic) bond motifs is 1. The third kappa shape index (κ3) is 5.14. The number of anilines is 1. The van der Waals surface area contributed by atoms with Crippen molar-refractivity contribution in [2.75, 3.05) is 12.4 Å². The van der Waals surface area contributed by atoms with E-state index in [9.17, 15) is 9.59 Å². The van der Waals surface area contributed by atoms with Crippen LogP contribution in [-0.4, -0.2) is 31.2 Å². The van der Waals surface area contributed by atoms with E-state index in [1.165, 1.54) is 13.3 Å². The van der Waals surface area contributed by atoms with E-state index in [-0.39, 0.29) is 6.10 Å². The van der Waals surface area contributed by atoms with Gasteiger partial charge in [-0.25, -0.2) is 5.43 Å². The molecule has 7 heteroatoms. The van der Waals surface area contributed by atoms with E-state index in [0.717, 1.165) is 16.3 Å². The summed E-state index contributed by atoms with van der Waals surface area (Å²) in [5, 5.41) is 8.41. The van der Waals surface area contributed by atoms with E-state index in [0.29, 0.717) is 17.2 Å². The molecule has 0 aliphatic carbocycles. The van der Waals surface area contributed by atoms with E-state index >= 15 is 0 Å². The lowest BCUT2D eigenvalue weighted by Crippen LogP contribution is -2.32. The fraction of sp³-hybridized carbons (Fsp3) is 0.174. The summed E-state index contributed by atoms with van der Waals surface area (Å²) < 4.78 is 11.0. The summed E-state index contributed by atoms with van der Waals surface area (Å²) in [6.45, 7) is 3.86. The number of carbonyl (C=O) groups excluding carboxylic acids is 2. The third-order valence-corrected chi connectivity index (χ3v) is 4.19. The molecule has 3 aromatic carbocycles. The zero-order valence-corrected chi connectivity index (χ0v) is 17.0. The first-order valence-corrected chi connectivity index (χ1v) is 9.45. The summed E-state index contributed by atoms with van der Waals surface area (Å²) in [7, 11) is 1.52. The number of hydrazone groups is 1. The molecule has 0 fully saturated rings. The van der Waals surface area contributed by atoms with Crippen molar-refractivity contribution in [2.24, 2.45) is 5.10 Å². The SMILES string of the molecule is COc1cccc(NC(=O)C(=O)N/N=C\c2c(OC(C)C)ccc3ccccc23)c1. The molecule has 2 amide bonds. The van der Waals surface area contributed by atoms with Crippen molar-refractivity contribution in [2.45, 2.75) is 20.0 Å². The highest BCUT2D eigenvalue weighted by Gasteiger charge is 2.14. The maximum absolute atomic E-state index is 12.1. The first-order valence-electron chi connectivity index (χ1n) is 9.45. The van der Waals surface area contributed by atoms with E-state index in [2.05, 4.69) is 15.8 Å². The van der Waals surface area contributed by atoms with Crippen LogP contribution in [0.5, 0.6) is 11.5 Å². The van der Waals surface area contributed by atoms with E-state index in [1.807, 2.05) is 50.2 Å². The van der Waals surface area contributed by atoms with E-state index in [4.69, 9.17) is 9.47 Å². The second-order valence-corrected chi connectivity index (χ2v) is 6.75. The highest BCUT2D eigenvalue weighted by atomic mass is 16.5. The zero-order valence-electron chi connectivity index (χ0n) is 17.0. The molecule has 0 saturated carbocycles. The van der Waals surface area contributed by atoms with Gasteiger partial charge in [0.05, 0.1) is 19.4 Å². The molecule has 0 atom stereocenters. The highest BCUT2D eigenvalue weighted by molar-refractivity contribution is 6.39. The van der Waals surface area contributed by atoms with Crippen molar-refractivity contribution < 1.29 is 19.1 Å². The standard InChI is InChI=1S/C23H23N3O4/c1-15(2)30-21-12-11-16-7-4-5-10-19(16)20(21)14-24-26-23(28)22(27)25-17-8-6-9-18(13-17)29-3/h4-15H,1-3H3,(H,25,27)(H,26,28)/b24-14-. The quantitative estimate of drug-likeness (QED) is 0.372. The molecular formula is C23H23N3O4. The van der Waals surface area contributed by atoms with Gasteiger partial charge >= 0.3 is 11.8 Å². The molecule has 0 bridgehead atoms. The van der Waals surface area contributed by atoms with Gasteiger partial charge in [-0.1, -0.05) is 36.4 Å². The van der Waals surface area contributed by atoms with E-state index in [1.54, 1.807) is 24.3 Å². The minimum Gasteiger partial charge on any atom is -0.497 e. The predicted molar refractivity (Wildman–Crippen MR) is 117 cm³/mol. The molecular weight excluding hydrogens is 382 g/mol. The number of nitrogens with zero attached hydrogens (tertiary/aromatic N) is 1. The minimum atomic E-state index is -0.888. The van der Waals surface area contributed by atoms with Gasteiger partial charge in [0, 0.05) is 17.3 Å². The first-order chi connectivity index (χ1) is 14.5. The molecule has 3 aromatic rings. The molecule has 154 valence electrons. The fourth-order valence-electron chi connectivity index (χ4n) is 2.86. The molecule has 0 saturated heterocycles. The van der Waals surface area contributed by atoms with Crippen LogP contribution >= 0.6 is 0 Å². The van der Waals surface area contributed by atoms with Gasteiger partial charge in [-0.2, -0.15) is 5.10 Å². The van der Waals surface area contributed by atoms with Gasteiger partial charge in [0.25, 0.3) is 0 Å². The highest BCUT2D eigenvalue weighted by Crippen LogP contribution is 2.27. The van der Waals surface area contributed by atoms with Gasteiger partial charge in [-0.15, -0.1) is 0 Å². The molecule has 0 heterocycles. The van der Waals surface area contributed by atoms with Crippen molar-refractivity contribution in [3.63, 3.8) is 0 Å². The van der Waals surface area contributed by atoms with Crippen LogP contribution in [0.25, 0.3) is 10.8 Å². The second kappa shape index (κ2) is 9.56. The Hall–Kier alpha value is -3.87. The smallest absolute Gasteiger partial charge is 0.329 e. The van der Waals surface area contributed by atoms with Crippen molar-refractivity contribution in [3.05, 3.63) is 66.2 Å². The number of benzene rings is 3. The fourth-order valence-corrected chi connectivity index (χ4v) is 2.86. The van der Waals surface area contributed by atoms with Gasteiger partial charge in [-0.05, 0) is 42.8 Å². The monoisotopic (exact) mass is 405 g/mol. The Morgan fingerprint density at radius 3 is 2.57 bits per heavy atom. The van der Waals surface area contributed by atoms with Crippen molar-refractivity contribution in [1.29, 1.82) is 0 Å².